The van der Waals surface area contributed by atoms with Crippen molar-refractivity contribution < 1.29 is 4.74 Å². The first-order valence-electron chi connectivity index (χ1n) is 8.31. The fourth-order valence-corrected chi connectivity index (χ4v) is 4.37. The second-order valence-corrected chi connectivity index (χ2v) is 7.00. The molecule has 2 aliphatic rings. The van der Waals surface area contributed by atoms with Gasteiger partial charge < -0.3 is 4.74 Å². The van der Waals surface area contributed by atoms with Gasteiger partial charge in [0.2, 0.25) is 0 Å². The third kappa shape index (κ3) is 3.01. The molecule has 1 aromatic rings. The van der Waals surface area contributed by atoms with E-state index in [4.69, 9.17) is 10.6 Å². The van der Waals surface area contributed by atoms with Crippen LogP contribution in [0.5, 0.6) is 0 Å². The summed E-state index contributed by atoms with van der Waals surface area (Å²) in [6.45, 7) is 5.22. The highest BCUT2D eigenvalue weighted by molar-refractivity contribution is 5.33. The van der Waals surface area contributed by atoms with Gasteiger partial charge in [0.15, 0.2) is 0 Å². The number of rotatable bonds is 3. The average molecular weight is 288 g/mol. The third-order valence-corrected chi connectivity index (χ3v) is 5.46. The Kier molecular flexibility index (Phi) is 4.34. The molecule has 1 saturated heterocycles. The second kappa shape index (κ2) is 6.07. The van der Waals surface area contributed by atoms with Gasteiger partial charge in [0.05, 0.1) is 5.60 Å². The first-order chi connectivity index (χ1) is 10.1. The predicted molar refractivity (Wildman–Crippen MR) is 85.9 cm³/mol. The summed E-state index contributed by atoms with van der Waals surface area (Å²) in [5, 5.41) is 0. The molecule has 1 aliphatic carbocycles. The van der Waals surface area contributed by atoms with E-state index in [0.29, 0.717) is 5.92 Å². The molecule has 3 heteroatoms. The molecule has 116 valence electrons. The minimum absolute atomic E-state index is 0.149. The van der Waals surface area contributed by atoms with Gasteiger partial charge in [-0.1, -0.05) is 36.6 Å². The van der Waals surface area contributed by atoms with Gasteiger partial charge in [0, 0.05) is 12.6 Å². The molecular formula is C18H28N2O. The van der Waals surface area contributed by atoms with Gasteiger partial charge in [0.1, 0.15) is 0 Å². The summed E-state index contributed by atoms with van der Waals surface area (Å²) in [5.74, 6) is 6.51. The Morgan fingerprint density at radius 1 is 1.29 bits per heavy atom. The lowest BCUT2D eigenvalue weighted by Crippen LogP contribution is -2.43. The molecule has 3 N–H and O–H groups in total. The highest BCUT2D eigenvalue weighted by Gasteiger charge is 2.42. The zero-order valence-corrected chi connectivity index (χ0v) is 13.3. The van der Waals surface area contributed by atoms with Crippen molar-refractivity contribution in [1.29, 1.82) is 0 Å². The number of aryl methyl sites for hydroxylation is 2. The van der Waals surface area contributed by atoms with E-state index >= 15 is 0 Å². The monoisotopic (exact) mass is 288 g/mol. The van der Waals surface area contributed by atoms with E-state index in [-0.39, 0.29) is 11.6 Å². The summed E-state index contributed by atoms with van der Waals surface area (Å²) in [5.41, 5.74) is 7.25. The number of nitrogens with one attached hydrogen (secondary N) is 1. The van der Waals surface area contributed by atoms with Crippen molar-refractivity contribution in [1.82, 2.24) is 5.43 Å². The Labute approximate surface area is 128 Å². The molecule has 2 unspecified atom stereocenters. The smallest absolute Gasteiger partial charge is 0.0686 e. The normalized spacial score (nSPS) is 26.1. The van der Waals surface area contributed by atoms with Crippen molar-refractivity contribution in [2.45, 2.75) is 64.0 Å². The lowest BCUT2D eigenvalue weighted by Gasteiger charge is -2.41. The number of benzene rings is 1. The van der Waals surface area contributed by atoms with Crippen molar-refractivity contribution >= 4 is 0 Å². The molecule has 1 heterocycles. The van der Waals surface area contributed by atoms with Gasteiger partial charge in [-0.05, 0) is 56.6 Å². The van der Waals surface area contributed by atoms with Gasteiger partial charge in [-0.15, -0.1) is 0 Å². The molecule has 1 saturated carbocycles. The summed E-state index contributed by atoms with van der Waals surface area (Å²) in [6, 6.07) is 6.93. The molecule has 0 amide bonds. The van der Waals surface area contributed by atoms with Crippen molar-refractivity contribution in [3.05, 3.63) is 34.9 Å². The third-order valence-electron chi connectivity index (χ3n) is 5.46. The lowest BCUT2D eigenvalue weighted by molar-refractivity contribution is -0.0982. The van der Waals surface area contributed by atoms with Crippen LogP contribution in [0.15, 0.2) is 18.2 Å². The molecule has 0 radical (unpaired) electrons. The molecule has 21 heavy (non-hydrogen) atoms. The molecule has 1 spiro atoms. The summed E-state index contributed by atoms with van der Waals surface area (Å²) in [6.07, 6.45) is 7.34. The highest BCUT2D eigenvalue weighted by atomic mass is 16.5. The summed E-state index contributed by atoms with van der Waals surface area (Å²) >= 11 is 0. The Bertz CT molecular complexity index is 494. The van der Waals surface area contributed by atoms with E-state index in [0.717, 1.165) is 19.4 Å². The van der Waals surface area contributed by atoms with Gasteiger partial charge in [0.25, 0.3) is 0 Å². The zero-order chi connectivity index (χ0) is 14.9. The van der Waals surface area contributed by atoms with E-state index in [1.54, 1.807) is 0 Å². The Hall–Kier alpha value is -0.900. The van der Waals surface area contributed by atoms with Gasteiger partial charge >= 0.3 is 0 Å². The van der Waals surface area contributed by atoms with Crippen LogP contribution in [0.1, 0.15) is 61.3 Å². The largest absolute Gasteiger partial charge is 0.375 e. The van der Waals surface area contributed by atoms with Crippen molar-refractivity contribution in [3.8, 4) is 0 Å². The first-order valence-corrected chi connectivity index (χ1v) is 8.31. The number of hydrazine groups is 1. The number of ether oxygens (including phenoxy) is 1. The molecular weight excluding hydrogens is 260 g/mol. The highest BCUT2D eigenvalue weighted by Crippen LogP contribution is 2.45. The maximum Gasteiger partial charge on any atom is 0.0686 e. The van der Waals surface area contributed by atoms with Crippen molar-refractivity contribution in [2.75, 3.05) is 6.61 Å². The molecule has 0 aromatic heterocycles. The SMILES string of the molecule is Cc1ccc(C(NN)C2CCOC3(CCCC3)C2)c(C)c1. The van der Waals surface area contributed by atoms with Crippen LogP contribution in [0, 0.1) is 19.8 Å². The number of nitrogens with two attached hydrogens (primary N) is 1. The zero-order valence-electron chi connectivity index (χ0n) is 13.3. The van der Waals surface area contributed by atoms with Crippen LogP contribution in [-0.2, 0) is 4.74 Å². The summed E-state index contributed by atoms with van der Waals surface area (Å²) in [4.78, 5) is 0. The van der Waals surface area contributed by atoms with Crippen LogP contribution < -0.4 is 11.3 Å². The van der Waals surface area contributed by atoms with Crippen LogP contribution in [0.4, 0.5) is 0 Å². The summed E-state index contributed by atoms with van der Waals surface area (Å²) in [7, 11) is 0. The van der Waals surface area contributed by atoms with E-state index in [2.05, 4.69) is 37.5 Å². The van der Waals surface area contributed by atoms with E-state index in [1.165, 1.54) is 42.4 Å². The van der Waals surface area contributed by atoms with Crippen LogP contribution in [0.25, 0.3) is 0 Å². The first kappa shape index (κ1) is 15.0. The molecule has 2 atom stereocenters. The molecule has 3 rings (SSSR count). The molecule has 1 aliphatic heterocycles. The van der Waals surface area contributed by atoms with Crippen molar-refractivity contribution in [2.24, 2.45) is 11.8 Å². The van der Waals surface area contributed by atoms with E-state index < -0.39 is 0 Å². The minimum Gasteiger partial charge on any atom is -0.375 e. The van der Waals surface area contributed by atoms with Crippen LogP contribution >= 0.6 is 0 Å². The molecule has 3 nitrogen and oxygen atoms in total. The maximum absolute atomic E-state index is 6.17. The maximum atomic E-state index is 6.17. The fourth-order valence-electron chi connectivity index (χ4n) is 4.37. The summed E-state index contributed by atoms with van der Waals surface area (Å²) < 4.78 is 6.17. The van der Waals surface area contributed by atoms with Crippen LogP contribution in [0.2, 0.25) is 0 Å². The van der Waals surface area contributed by atoms with Crippen molar-refractivity contribution in [3.63, 3.8) is 0 Å². The predicted octanol–water partition coefficient (Wildman–Crippen LogP) is 3.55. The van der Waals surface area contributed by atoms with Crippen LogP contribution in [0.3, 0.4) is 0 Å². The fraction of sp³-hybridized carbons (Fsp3) is 0.667. The van der Waals surface area contributed by atoms with E-state index in [9.17, 15) is 0 Å². The topological polar surface area (TPSA) is 47.3 Å². The molecule has 0 bridgehead atoms. The Morgan fingerprint density at radius 2 is 2.05 bits per heavy atom. The second-order valence-electron chi connectivity index (χ2n) is 7.00. The van der Waals surface area contributed by atoms with Crippen LogP contribution in [-0.4, -0.2) is 12.2 Å². The quantitative estimate of drug-likeness (QED) is 0.660. The lowest BCUT2D eigenvalue weighted by atomic mass is 9.78. The van der Waals surface area contributed by atoms with Gasteiger partial charge in [-0.25, -0.2) is 0 Å². The number of hydrogen-bond acceptors (Lipinski definition) is 3. The molecule has 1 aromatic carbocycles. The Balaban J connectivity index is 1.82. The minimum atomic E-state index is 0.149. The average Bonchev–Trinajstić information content (AvgIpc) is 2.90. The van der Waals surface area contributed by atoms with E-state index in [1.807, 2.05) is 0 Å². The Morgan fingerprint density at radius 3 is 2.71 bits per heavy atom. The van der Waals surface area contributed by atoms with Gasteiger partial charge in [-0.2, -0.15) is 0 Å². The van der Waals surface area contributed by atoms with Gasteiger partial charge in [-0.3, -0.25) is 11.3 Å². The molecule has 2 fully saturated rings. The standard InChI is InChI=1S/C18H28N2O/c1-13-5-6-16(14(2)11-13)17(20-19)15-7-10-21-18(12-15)8-3-4-9-18/h5-6,11,15,17,20H,3-4,7-10,12,19H2,1-2H3. The number of hydrogen-bond donors (Lipinski definition) is 2.